The second-order valence-corrected chi connectivity index (χ2v) is 4.90. The molecule has 0 radical (unpaired) electrons. The van der Waals surface area contributed by atoms with Crippen LogP contribution in [0.25, 0.3) is 0 Å². The lowest BCUT2D eigenvalue weighted by molar-refractivity contribution is -0.0102. The van der Waals surface area contributed by atoms with Gasteiger partial charge in [-0.25, -0.2) is 0 Å². The van der Waals surface area contributed by atoms with Crippen molar-refractivity contribution < 1.29 is 19.7 Å². The van der Waals surface area contributed by atoms with Crippen molar-refractivity contribution in [2.24, 2.45) is 0 Å². The largest absolute Gasteiger partial charge is 0.395 e. The summed E-state index contributed by atoms with van der Waals surface area (Å²) in [5.41, 5.74) is 0. The fraction of sp³-hybridized carbons (Fsp3) is 1.00. The first-order valence-electron chi connectivity index (χ1n) is 6.87. The van der Waals surface area contributed by atoms with Crippen molar-refractivity contribution in [1.82, 2.24) is 4.90 Å². The van der Waals surface area contributed by atoms with Crippen LogP contribution in [0.15, 0.2) is 0 Å². The third-order valence-corrected chi connectivity index (χ3v) is 3.40. The lowest BCUT2D eigenvalue weighted by Crippen LogP contribution is -2.43. The average molecular weight is 261 g/mol. The topological polar surface area (TPSA) is 62.2 Å². The van der Waals surface area contributed by atoms with Crippen LogP contribution in [0.3, 0.4) is 0 Å². The van der Waals surface area contributed by atoms with Gasteiger partial charge in [-0.05, 0) is 19.4 Å². The second-order valence-electron chi connectivity index (χ2n) is 4.90. The van der Waals surface area contributed by atoms with Gasteiger partial charge in [-0.2, -0.15) is 0 Å². The summed E-state index contributed by atoms with van der Waals surface area (Å²) < 4.78 is 10.2. The Labute approximate surface area is 110 Å². The Kier molecular flexibility index (Phi) is 8.54. The van der Waals surface area contributed by atoms with Crippen molar-refractivity contribution in [2.45, 2.75) is 37.8 Å². The van der Waals surface area contributed by atoms with E-state index in [-0.39, 0.29) is 12.6 Å². The number of aliphatic hydroxyl groups is 2. The molecule has 1 saturated heterocycles. The maximum atomic E-state index is 9.92. The standard InChI is InChI=1S/C13H27NO4/c1-17-7-8-18-11-13(16)9-14-6-4-2-3-5-12(14)10-15/h12-13,15-16H,2-11H2,1H3. The van der Waals surface area contributed by atoms with Crippen molar-refractivity contribution in [3.05, 3.63) is 0 Å². The van der Waals surface area contributed by atoms with Gasteiger partial charge in [-0.1, -0.05) is 12.8 Å². The molecule has 5 nitrogen and oxygen atoms in total. The van der Waals surface area contributed by atoms with Gasteiger partial charge >= 0.3 is 0 Å². The fourth-order valence-corrected chi connectivity index (χ4v) is 2.37. The van der Waals surface area contributed by atoms with E-state index >= 15 is 0 Å². The van der Waals surface area contributed by atoms with Gasteiger partial charge in [0.05, 0.1) is 32.5 Å². The highest BCUT2D eigenvalue weighted by Crippen LogP contribution is 2.16. The Bertz CT molecular complexity index is 203. The first kappa shape index (κ1) is 15.9. The first-order chi connectivity index (χ1) is 8.77. The fourth-order valence-electron chi connectivity index (χ4n) is 2.37. The highest BCUT2D eigenvalue weighted by atomic mass is 16.5. The Balaban J connectivity index is 2.24. The highest BCUT2D eigenvalue weighted by Gasteiger charge is 2.22. The summed E-state index contributed by atoms with van der Waals surface area (Å²) in [5.74, 6) is 0. The summed E-state index contributed by atoms with van der Waals surface area (Å²) in [4.78, 5) is 2.19. The zero-order valence-electron chi connectivity index (χ0n) is 11.4. The van der Waals surface area contributed by atoms with Gasteiger partial charge in [0.1, 0.15) is 0 Å². The minimum atomic E-state index is -0.492. The van der Waals surface area contributed by atoms with E-state index in [9.17, 15) is 10.2 Å². The minimum absolute atomic E-state index is 0.178. The SMILES string of the molecule is COCCOCC(O)CN1CCCCCC1CO. The Hall–Kier alpha value is -0.200. The summed E-state index contributed by atoms with van der Waals surface area (Å²) in [6.07, 6.45) is 4.06. The number of hydrogen-bond acceptors (Lipinski definition) is 5. The van der Waals surface area contributed by atoms with E-state index in [4.69, 9.17) is 9.47 Å². The second kappa shape index (κ2) is 9.69. The van der Waals surface area contributed by atoms with Crippen molar-refractivity contribution in [3.8, 4) is 0 Å². The van der Waals surface area contributed by atoms with Crippen LogP contribution in [0.5, 0.6) is 0 Å². The van der Waals surface area contributed by atoms with Crippen LogP contribution < -0.4 is 0 Å². The molecular weight excluding hydrogens is 234 g/mol. The maximum Gasteiger partial charge on any atom is 0.0900 e. The quantitative estimate of drug-likeness (QED) is 0.613. The monoisotopic (exact) mass is 261 g/mol. The lowest BCUT2D eigenvalue weighted by Gasteiger charge is -2.30. The molecular formula is C13H27NO4. The molecule has 1 aliphatic rings. The maximum absolute atomic E-state index is 9.92. The number of methoxy groups -OCH3 is 1. The van der Waals surface area contributed by atoms with Crippen molar-refractivity contribution in [3.63, 3.8) is 0 Å². The molecule has 0 bridgehead atoms. The van der Waals surface area contributed by atoms with E-state index in [0.717, 1.165) is 19.4 Å². The highest BCUT2D eigenvalue weighted by molar-refractivity contribution is 4.76. The molecule has 1 aliphatic heterocycles. The van der Waals surface area contributed by atoms with Crippen molar-refractivity contribution in [1.29, 1.82) is 0 Å². The van der Waals surface area contributed by atoms with E-state index in [0.29, 0.717) is 26.4 Å². The molecule has 2 unspecified atom stereocenters. The smallest absolute Gasteiger partial charge is 0.0900 e. The van der Waals surface area contributed by atoms with Gasteiger partial charge in [-0.15, -0.1) is 0 Å². The van der Waals surface area contributed by atoms with E-state index in [1.165, 1.54) is 12.8 Å². The third-order valence-electron chi connectivity index (χ3n) is 3.40. The van der Waals surface area contributed by atoms with Crippen LogP contribution in [-0.2, 0) is 9.47 Å². The predicted octanol–water partition coefficient (Wildman–Crippen LogP) is 0.247. The number of aliphatic hydroxyl groups excluding tert-OH is 2. The Morgan fingerprint density at radius 3 is 2.83 bits per heavy atom. The lowest BCUT2D eigenvalue weighted by atomic mass is 10.1. The van der Waals surface area contributed by atoms with E-state index in [2.05, 4.69) is 4.90 Å². The summed E-state index contributed by atoms with van der Waals surface area (Å²) in [5, 5.41) is 19.3. The zero-order chi connectivity index (χ0) is 13.2. The Morgan fingerprint density at radius 1 is 1.28 bits per heavy atom. The Morgan fingerprint density at radius 2 is 2.11 bits per heavy atom. The summed E-state index contributed by atoms with van der Waals surface area (Å²) in [6.45, 7) is 3.11. The number of likely N-dealkylation sites (tertiary alicyclic amines) is 1. The van der Waals surface area contributed by atoms with Crippen LogP contribution in [0.2, 0.25) is 0 Å². The van der Waals surface area contributed by atoms with Crippen LogP contribution in [0.4, 0.5) is 0 Å². The number of rotatable bonds is 8. The van der Waals surface area contributed by atoms with Gasteiger partial charge in [0, 0.05) is 19.7 Å². The summed E-state index contributed by atoms with van der Waals surface area (Å²) in [7, 11) is 1.63. The van der Waals surface area contributed by atoms with Gasteiger partial charge in [0.2, 0.25) is 0 Å². The van der Waals surface area contributed by atoms with Crippen LogP contribution >= 0.6 is 0 Å². The van der Waals surface area contributed by atoms with Gasteiger partial charge in [0.15, 0.2) is 0 Å². The molecule has 1 fully saturated rings. The predicted molar refractivity (Wildman–Crippen MR) is 69.6 cm³/mol. The zero-order valence-corrected chi connectivity index (χ0v) is 11.4. The number of hydrogen-bond donors (Lipinski definition) is 2. The molecule has 0 aromatic carbocycles. The summed E-state index contributed by atoms with van der Waals surface area (Å²) in [6, 6.07) is 0.195. The molecule has 18 heavy (non-hydrogen) atoms. The molecule has 2 atom stereocenters. The molecule has 0 aromatic rings. The molecule has 1 rings (SSSR count). The van der Waals surface area contributed by atoms with Crippen molar-refractivity contribution >= 4 is 0 Å². The average Bonchev–Trinajstić information content (AvgIpc) is 2.59. The van der Waals surface area contributed by atoms with E-state index < -0.39 is 6.10 Å². The molecule has 2 N–H and O–H groups in total. The van der Waals surface area contributed by atoms with Crippen molar-refractivity contribution in [2.75, 3.05) is 46.6 Å². The molecule has 0 aromatic heterocycles. The third kappa shape index (κ3) is 6.11. The van der Waals surface area contributed by atoms with E-state index in [1.54, 1.807) is 7.11 Å². The van der Waals surface area contributed by atoms with Gasteiger partial charge < -0.3 is 19.7 Å². The molecule has 0 aliphatic carbocycles. The number of β-amino-alcohol motifs (C(OH)–C–C–N with tert-alkyl or cyclic N) is 1. The normalized spacial score (nSPS) is 23.8. The molecule has 1 heterocycles. The molecule has 0 spiro atoms. The van der Waals surface area contributed by atoms with Crippen LogP contribution in [0.1, 0.15) is 25.7 Å². The number of ether oxygens (including phenoxy) is 2. The molecule has 5 heteroatoms. The summed E-state index contributed by atoms with van der Waals surface area (Å²) >= 11 is 0. The number of nitrogens with zero attached hydrogens (tertiary/aromatic N) is 1. The molecule has 108 valence electrons. The van der Waals surface area contributed by atoms with Crippen LogP contribution in [0, 0.1) is 0 Å². The molecule has 0 saturated carbocycles. The van der Waals surface area contributed by atoms with Crippen LogP contribution in [-0.4, -0.2) is 73.9 Å². The molecule has 0 amide bonds. The van der Waals surface area contributed by atoms with E-state index in [1.807, 2.05) is 0 Å². The first-order valence-corrected chi connectivity index (χ1v) is 6.87. The van der Waals surface area contributed by atoms with Gasteiger partial charge in [-0.3, -0.25) is 4.90 Å². The van der Waals surface area contributed by atoms with Gasteiger partial charge in [0.25, 0.3) is 0 Å². The minimum Gasteiger partial charge on any atom is -0.395 e.